The maximum atomic E-state index is 10.6. The fourth-order valence-corrected chi connectivity index (χ4v) is 4.68. The van der Waals surface area contributed by atoms with Gasteiger partial charge in [0.2, 0.25) is 0 Å². The van der Waals surface area contributed by atoms with E-state index in [2.05, 4.69) is 70.3 Å². The van der Waals surface area contributed by atoms with E-state index in [1.807, 2.05) is 0 Å². The average molecular weight is 473 g/mol. The van der Waals surface area contributed by atoms with Crippen molar-refractivity contribution in [3.05, 3.63) is 72.2 Å². The van der Waals surface area contributed by atoms with Gasteiger partial charge in [-0.1, -0.05) is 42.5 Å². The van der Waals surface area contributed by atoms with Gasteiger partial charge in [0.15, 0.2) is 0 Å². The summed E-state index contributed by atoms with van der Waals surface area (Å²) in [4.78, 5) is 16.3. The zero-order valence-corrected chi connectivity index (χ0v) is 18.7. The van der Waals surface area contributed by atoms with Crippen LogP contribution in [0.1, 0.15) is 11.4 Å². The molecule has 2 aliphatic heterocycles. The zero-order valence-electron chi connectivity index (χ0n) is 18.7. The van der Waals surface area contributed by atoms with Gasteiger partial charge in [0.05, 0.1) is 19.0 Å². The number of likely N-dealkylation sites (tertiary alicyclic amines) is 1. The molecular weight excluding hydrogens is 447 g/mol. The van der Waals surface area contributed by atoms with Crippen molar-refractivity contribution >= 4 is 5.97 Å². The van der Waals surface area contributed by atoms with E-state index in [-0.39, 0.29) is 0 Å². The minimum absolute atomic E-state index is 0.715. The fraction of sp³-hybridized carbons (Fsp3) is 0.360. The molecule has 2 aromatic carbocycles. The Kier molecular flexibility index (Phi) is 6.92. The lowest BCUT2D eigenvalue weighted by Gasteiger charge is -2.27. The molecule has 2 atom stereocenters. The minimum atomic E-state index is -5.08. The minimum Gasteiger partial charge on any atom is -0.497 e. The third-order valence-electron chi connectivity index (χ3n) is 6.33. The Labute approximate surface area is 195 Å². The molecule has 3 aromatic rings. The van der Waals surface area contributed by atoms with Gasteiger partial charge in [-0.2, -0.15) is 13.2 Å². The molecule has 1 aromatic heterocycles. The van der Waals surface area contributed by atoms with E-state index in [0.717, 1.165) is 31.2 Å². The number of rotatable bonds is 4. The number of hydrogen-bond donors (Lipinski definition) is 1. The number of alkyl halides is 3. The summed E-state index contributed by atoms with van der Waals surface area (Å²) in [6.07, 6.45) is -1.93. The number of nitrogens with zero attached hydrogens (tertiary/aromatic N) is 3. The molecule has 2 unspecified atom stereocenters. The molecule has 0 radical (unpaired) electrons. The maximum Gasteiger partial charge on any atom is 0.490 e. The Bertz CT molecular complexity index is 1110. The maximum absolute atomic E-state index is 10.6. The van der Waals surface area contributed by atoms with E-state index >= 15 is 0 Å². The Morgan fingerprint density at radius 1 is 1.06 bits per heavy atom. The van der Waals surface area contributed by atoms with Crippen molar-refractivity contribution in [2.24, 2.45) is 11.8 Å². The Hall–Kier alpha value is -3.33. The van der Waals surface area contributed by atoms with Crippen LogP contribution in [0.15, 0.2) is 60.8 Å². The number of benzene rings is 2. The molecule has 1 fully saturated rings. The highest BCUT2D eigenvalue weighted by Gasteiger charge is 2.38. The number of methoxy groups -OCH3 is 1. The Balaban J connectivity index is 0.000000344. The number of imidazole rings is 1. The van der Waals surface area contributed by atoms with Gasteiger partial charge in [-0.25, -0.2) is 9.78 Å². The first-order valence-corrected chi connectivity index (χ1v) is 11.0. The van der Waals surface area contributed by atoms with Crippen LogP contribution in [0.25, 0.3) is 11.3 Å². The van der Waals surface area contributed by atoms with Crippen LogP contribution >= 0.6 is 0 Å². The lowest BCUT2D eigenvalue weighted by molar-refractivity contribution is -0.192. The van der Waals surface area contributed by atoms with Crippen LogP contribution in [-0.4, -0.2) is 51.9 Å². The first-order valence-electron chi connectivity index (χ1n) is 11.0. The van der Waals surface area contributed by atoms with E-state index in [4.69, 9.17) is 19.6 Å². The summed E-state index contributed by atoms with van der Waals surface area (Å²) in [5.41, 5.74) is 3.89. The average Bonchev–Trinajstić information content (AvgIpc) is 3.41. The molecule has 1 N–H and O–H groups in total. The molecule has 34 heavy (non-hydrogen) atoms. The van der Waals surface area contributed by atoms with Crippen LogP contribution in [-0.2, 0) is 24.3 Å². The molecule has 2 aliphatic rings. The predicted octanol–water partition coefficient (Wildman–Crippen LogP) is 4.50. The molecular formula is C25H26F3N3O3. The van der Waals surface area contributed by atoms with Gasteiger partial charge in [0, 0.05) is 32.6 Å². The first-order chi connectivity index (χ1) is 16.2. The SMILES string of the molecule is COc1ccc(CN2CC3Cc4ncc(-c5ccccc5)n4CC3C2)cc1.O=C(O)C(F)(F)F. The number of aliphatic carboxylic acids is 1. The van der Waals surface area contributed by atoms with Crippen LogP contribution in [0.4, 0.5) is 13.2 Å². The number of hydrogen-bond acceptors (Lipinski definition) is 4. The highest BCUT2D eigenvalue weighted by molar-refractivity contribution is 5.73. The van der Waals surface area contributed by atoms with Gasteiger partial charge in [-0.3, -0.25) is 4.90 Å². The van der Waals surface area contributed by atoms with Gasteiger partial charge >= 0.3 is 12.1 Å². The smallest absolute Gasteiger partial charge is 0.490 e. The number of fused-ring (bicyclic) bond motifs is 2. The highest BCUT2D eigenvalue weighted by atomic mass is 19.4. The van der Waals surface area contributed by atoms with Crippen molar-refractivity contribution in [3.63, 3.8) is 0 Å². The van der Waals surface area contributed by atoms with Crippen molar-refractivity contribution in [2.45, 2.75) is 25.7 Å². The third-order valence-corrected chi connectivity index (χ3v) is 6.33. The second-order valence-electron chi connectivity index (χ2n) is 8.61. The summed E-state index contributed by atoms with van der Waals surface area (Å²) in [6, 6.07) is 19.1. The van der Waals surface area contributed by atoms with E-state index in [1.165, 1.54) is 35.7 Å². The van der Waals surface area contributed by atoms with Gasteiger partial charge in [-0.15, -0.1) is 0 Å². The number of carbonyl (C=O) groups is 1. The topological polar surface area (TPSA) is 67.6 Å². The van der Waals surface area contributed by atoms with E-state index in [9.17, 15) is 13.2 Å². The van der Waals surface area contributed by atoms with Crippen molar-refractivity contribution in [1.29, 1.82) is 0 Å². The van der Waals surface area contributed by atoms with Crippen LogP contribution < -0.4 is 4.74 Å². The van der Waals surface area contributed by atoms with Crippen LogP contribution in [0.3, 0.4) is 0 Å². The Morgan fingerprint density at radius 2 is 1.71 bits per heavy atom. The first kappa shape index (κ1) is 23.8. The van der Waals surface area contributed by atoms with Gasteiger partial charge < -0.3 is 14.4 Å². The quantitative estimate of drug-likeness (QED) is 0.605. The third kappa shape index (κ3) is 5.41. The van der Waals surface area contributed by atoms with Crippen LogP contribution in [0, 0.1) is 11.8 Å². The standard InChI is InChI=1S/C23H25N3O.C2HF3O2/c1-27-21-9-7-17(8-10-21)13-25-14-19-11-23-24-12-22(18-5-3-2-4-6-18)26(23)16-20(19)15-25;3-2(4,5)1(6)7/h2-10,12,19-20H,11,13-16H2,1H3;(H,6,7). The number of aromatic nitrogens is 2. The van der Waals surface area contributed by atoms with Crippen LogP contribution in [0.2, 0.25) is 0 Å². The van der Waals surface area contributed by atoms with Gasteiger partial charge in [-0.05, 0) is 35.1 Å². The second-order valence-corrected chi connectivity index (χ2v) is 8.61. The van der Waals surface area contributed by atoms with E-state index < -0.39 is 12.1 Å². The molecule has 9 heteroatoms. The molecule has 0 bridgehead atoms. The molecule has 6 nitrogen and oxygen atoms in total. The van der Waals surface area contributed by atoms with Crippen molar-refractivity contribution in [2.75, 3.05) is 20.2 Å². The summed E-state index contributed by atoms with van der Waals surface area (Å²) < 4.78 is 39.5. The second kappa shape index (κ2) is 9.89. The Morgan fingerprint density at radius 3 is 2.32 bits per heavy atom. The summed E-state index contributed by atoms with van der Waals surface area (Å²) in [5, 5.41) is 7.12. The summed E-state index contributed by atoms with van der Waals surface area (Å²) in [7, 11) is 1.72. The number of carboxylic acids is 1. The monoisotopic (exact) mass is 473 g/mol. The van der Waals surface area contributed by atoms with Crippen molar-refractivity contribution in [1.82, 2.24) is 14.5 Å². The van der Waals surface area contributed by atoms with Gasteiger partial charge in [0.1, 0.15) is 11.6 Å². The molecule has 0 aliphatic carbocycles. The molecule has 0 amide bonds. The molecule has 0 saturated carbocycles. The lowest BCUT2D eigenvalue weighted by atomic mass is 9.89. The number of carboxylic acid groups (broad SMARTS) is 1. The summed E-state index contributed by atoms with van der Waals surface area (Å²) in [5.74, 6) is 0.857. The molecule has 180 valence electrons. The number of ether oxygens (including phenoxy) is 1. The fourth-order valence-electron chi connectivity index (χ4n) is 4.68. The molecule has 0 spiro atoms. The molecule has 1 saturated heterocycles. The highest BCUT2D eigenvalue weighted by Crippen LogP contribution is 2.35. The van der Waals surface area contributed by atoms with Crippen LogP contribution in [0.5, 0.6) is 5.75 Å². The van der Waals surface area contributed by atoms with E-state index in [0.29, 0.717) is 5.92 Å². The van der Waals surface area contributed by atoms with Crippen molar-refractivity contribution in [3.8, 4) is 17.0 Å². The zero-order chi connectivity index (χ0) is 24.3. The normalized spacial score (nSPS) is 19.5. The molecule has 5 rings (SSSR count). The molecule has 3 heterocycles. The summed E-state index contributed by atoms with van der Waals surface area (Å²) >= 11 is 0. The van der Waals surface area contributed by atoms with E-state index in [1.54, 1.807) is 7.11 Å². The largest absolute Gasteiger partial charge is 0.497 e. The predicted molar refractivity (Wildman–Crippen MR) is 120 cm³/mol. The lowest BCUT2D eigenvalue weighted by Crippen LogP contribution is -2.28. The van der Waals surface area contributed by atoms with Gasteiger partial charge in [0.25, 0.3) is 0 Å². The summed E-state index contributed by atoms with van der Waals surface area (Å²) in [6.45, 7) is 4.45. The van der Waals surface area contributed by atoms with Crippen molar-refractivity contribution < 1.29 is 27.8 Å². The number of halogens is 3.